The van der Waals surface area contributed by atoms with Crippen LogP contribution in [0.1, 0.15) is 38.2 Å². The molecule has 2 rings (SSSR count). The van der Waals surface area contributed by atoms with Crippen LogP contribution in [0.3, 0.4) is 0 Å². The van der Waals surface area contributed by atoms with Crippen molar-refractivity contribution < 1.29 is 4.39 Å². The van der Waals surface area contributed by atoms with Gasteiger partial charge in [-0.3, -0.25) is 4.90 Å². The molecule has 1 aliphatic rings. The van der Waals surface area contributed by atoms with Crippen molar-refractivity contribution >= 4 is 0 Å². The molecule has 0 radical (unpaired) electrons. The lowest BCUT2D eigenvalue weighted by Crippen LogP contribution is -2.38. The van der Waals surface area contributed by atoms with Crippen LogP contribution in [0, 0.1) is 5.82 Å². The molecule has 16 heavy (non-hydrogen) atoms. The maximum atomic E-state index is 12.8. The summed E-state index contributed by atoms with van der Waals surface area (Å²) in [6, 6.07) is 7.63. The highest BCUT2D eigenvalue weighted by atomic mass is 19.1. The Labute approximate surface area is 97.3 Å². The third kappa shape index (κ3) is 2.82. The Morgan fingerprint density at radius 3 is 2.69 bits per heavy atom. The number of benzene rings is 1. The fourth-order valence-corrected chi connectivity index (χ4v) is 2.55. The molecule has 0 aromatic heterocycles. The number of hydrogen-bond acceptors (Lipinski definition) is 1. The van der Waals surface area contributed by atoms with E-state index in [9.17, 15) is 4.39 Å². The Kier molecular flexibility index (Phi) is 3.94. The second-order valence-electron chi connectivity index (χ2n) is 4.65. The molecule has 1 heterocycles. The molecule has 1 unspecified atom stereocenters. The first-order chi connectivity index (χ1) is 7.79. The molecule has 0 saturated carbocycles. The largest absolute Gasteiger partial charge is 0.296 e. The van der Waals surface area contributed by atoms with Crippen molar-refractivity contribution in [2.75, 3.05) is 6.54 Å². The Morgan fingerprint density at radius 2 is 2.00 bits per heavy atom. The summed E-state index contributed by atoms with van der Waals surface area (Å²) in [6.07, 6.45) is 5.20. The van der Waals surface area contributed by atoms with Gasteiger partial charge in [0.25, 0.3) is 0 Å². The molecule has 1 aromatic carbocycles. The van der Waals surface area contributed by atoms with Gasteiger partial charge in [-0.05, 0) is 43.5 Å². The molecular formula is C14H20FN. The zero-order valence-electron chi connectivity index (χ0n) is 9.95. The molecule has 0 N–H and O–H groups in total. The first kappa shape index (κ1) is 11.6. The van der Waals surface area contributed by atoms with E-state index in [1.165, 1.54) is 37.8 Å². The first-order valence-electron chi connectivity index (χ1n) is 6.28. The van der Waals surface area contributed by atoms with Crippen LogP contribution in [-0.2, 0) is 6.54 Å². The highest BCUT2D eigenvalue weighted by Crippen LogP contribution is 2.21. The maximum absolute atomic E-state index is 12.8. The molecule has 1 fully saturated rings. The van der Waals surface area contributed by atoms with Gasteiger partial charge < -0.3 is 0 Å². The van der Waals surface area contributed by atoms with Crippen LogP contribution < -0.4 is 0 Å². The van der Waals surface area contributed by atoms with Crippen molar-refractivity contribution in [3.8, 4) is 0 Å². The summed E-state index contributed by atoms with van der Waals surface area (Å²) in [7, 11) is 0. The van der Waals surface area contributed by atoms with Crippen LogP contribution in [-0.4, -0.2) is 17.5 Å². The lowest BCUT2D eigenvalue weighted by atomic mass is 9.99. The summed E-state index contributed by atoms with van der Waals surface area (Å²) < 4.78 is 12.8. The van der Waals surface area contributed by atoms with Crippen LogP contribution in [0.2, 0.25) is 0 Å². The van der Waals surface area contributed by atoms with E-state index in [1.807, 2.05) is 12.1 Å². The van der Waals surface area contributed by atoms with Gasteiger partial charge in [0.2, 0.25) is 0 Å². The fraction of sp³-hybridized carbons (Fsp3) is 0.571. The van der Waals surface area contributed by atoms with E-state index in [-0.39, 0.29) is 5.82 Å². The van der Waals surface area contributed by atoms with Crippen LogP contribution in [0.25, 0.3) is 0 Å². The Bertz CT molecular complexity index is 320. The highest BCUT2D eigenvalue weighted by molar-refractivity contribution is 5.16. The summed E-state index contributed by atoms with van der Waals surface area (Å²) in [4.78, 5) is 2.54. The zero-order valence-corrected chi connectivity index (χ0v) is 9.95. The molecule has 1 aliphatic heterocycles. The van der Waals surface area contributed by atoms with E-state index < -0.39 is 0 Å². The molecule has 1 nitrogen and oxygen atoms in total. The van der Waals surface area contributed by atoms with Gasteiger partial charge >= 0.3 is 0 Å². The predicted octanol–water partition coefficient (Wildman–Crippen LogP) is 3.59. The monoisotopic (exact) mass is 221 g/mol. The van der Waals surface area contributed by atoms with Crippen LogP contribution in [0.5, 0.6) is 0 Å². The zero-order chi connectivity index (χ0) is 11.4. The van der Waals surface area contributed by atoms with E-state index in [4.69, 9.17) is 0 Å². The SMILES string of the molecule is CCC1CCCCN1Cc1ccc(F)cc1. The van der Waals surface area contributed by atoms with Gasteiger partial charge in [-0.25, -0.2) is 4.39 Å². The number of halogens is 1. The van der Waals surface area contributed by atoms with Gasteiger partial charge in [0.05, 0.1) is 0 Å². The second-order valence-corrected chi connectivity index (χ2v) is 4.65. The Balaban J connectivity index is 1.99. The molecule has 0 amide bonds. The molecule has 0 spiro atoms. The van der Waals surface area contributed by atoms with Gasteiger partial charge in [0, 0.05) is 12.6 Å². The smallest absolute Gasteiger partial charge is 0.123 e. The van der Waals surface area contributed by atoms with Crippen molar-refractivity contribution in [1.82, 2.24) is 4.90 Å². The predicted molar refractivity (Wildman–Crippen MR) is 64.7 cm³/mol. The Morgan fingerprint density at radius 1 is 1.25 bits per heavy atom. The average Bonchev–Trinajstić information content (AvgIpc) is 2.33. The van der Waals surface area contributed by atoms with Gasteiger partial charge in [-0.1, -0.05) is 25.5 Å². The van der Waals surface area contributed by atoms with Gasteiger partial charge in [0.1, 0.15) is 5.82 Å². The number of rotatable bonds is 3. The topological polar surface area (TPSA) is 3.24 Å². The molecular weight excluding hydrogens is 201 g/mol. The normalized spacial score (nSPS) is 22.2. The summed E-state index contributed by atoms with van der Waals surface area (Å²) in [6.45, 7) is 4.42. The summed E-state index contributed by atoms with van der Waals surface area (Å²) in [5.74, 6) is -0.144. The summed E-state index contributed by atoms with van der Waals surface area (Å²) in [5, 5.41) is 0. The standard InChI is InChI=1S/C14H20FN/c1-2-14-5-3-4-10-16(14)11-12-6-8-13(15)9-7-12/h6-9,14H,2-5,10-11H2,1H3. The van der Waals surface area contributed by atoms with Crippen molar-refractivity contribution in [3.63, 3.8) is 0 Å². The van der Waals surface area contributed by atoms with Gasteiger partial charge in [0.15, 0.2) is 0 Å². The molecule has 0 bridgehead atoms. The molecule has 1 aromatic rings. The Hall–Kier alpha value is -0.890. The third-order valence-corrected chi connectivity index (χ3v) is 3.52. The third-order valence-electron chi connectivity index (χ3n) is 3.52. The molecule has 0 aliphatic carbocycles. The average molecular weight is 221 g/mol. The van der Waals surface area contributed by atoms with Crippen molar-refractivity contribution in [3.05, 3.63) is 35.6 Å². The van der Waals surface area contributed by atoms with E-state index in [2.05, 4.69) is 11.8 Å². The fourth-order valence-electron chi connectivity index (χ4n) is 2.55. The minimum Gasteiger partial charge on any atom is -0.296 e. The summed E-state index contributed by atoms with van der Waals surface area (Å²) >= 11 is 0. The van der Waals surface area contributed by atoms with Crippen molar-refractivity contribution in [1.29, 1.82) is 0 Å². The number of nitrogens with zero attached hydrogens (tertiary/aromatic N) is 1. The molecule has 1 saturated heterocycles. The first-order valence-corrected chi connectivity index (χ1v) is 6.28. The van der Waals surface area contributed by atoms with E-state index in [0.717, 1.165) is 12.6 Å². The second kappa shape index (κ2) is 5.44. The van der Waals surface area contributed by atoms with Gasteiger partial charge in [-0.2, -0.15) is 0 Å². The highest BCUT2D eigenvalue weighted by Gasteiger charge is 2.20. The van der Waals surface area contributed by atoms with E-state index in [1.54, 1.807) is 12.1 Å². The minimum absolute atomic E-state index is 0.144. The van der Waals surface area contributed by atoms with Crippen LogP contribution >= 0.6 is 0 Å². The minimum atomic E-state index is -0.144. The molecule has 88 valence electrons. The van der Waals surface area contributed by atoms with Crippen molar-refractivity contribution in [2.24, 2.45) is 0 Å². The molecule has 2 heteroatoms. The quantitative estimate of drug-likeness (QED) is 0.754. The molecule has 1 atom stereocenters. The number of hydrogen-bond donors (Lipinski definition) is 0. The van der Waals surface area contributed by atoms with Crippen molar-refractivity contribution in [2.45, 2.75) is 45.2 Å². The van der Waals surface area contributed by atoms with Crippen LogP contribution in [0.15, 0.2) is 24.3 Å². The maximum Gasteiger partial charge on any atom is 0.123 e. The van der Waals surface area contributed by atoms with Gasteiger partial charge in [-0.15, -0.1) is 0 Å². The van der Waals surface area contributed by atoms with Crippen LogP contribution in [0.4, 0.5) is 4.39 Å². The number of likely N-dealkylation sites (tertiary alicyclic amines) is 1. The van der Waals surface area contributed by atoms with E-state index >= 15 is 0 Å². The number of piperidine rings is 1. The lowest BCUT2D eigenvalue weighted by Gasteiger charge is -2.35. The summed E-state index contributed by atoms with van der Waals surface area (Å²) in [5.41, 5.74) is 1.22. The van der Waals surface area contributed by atoms with E-state index in [0.29, 0.717) is 0 Å². The lowest BCUT2D eigenvalue weighted by molar-refractivity contribution is 0.136.